The maximum atomic E-state index is 13.0. The number of benzene rings is 2. The Hall–Kier alpha value is -3.82. The molecule has 2 atom stereocenters. The van der Waals surface area contributed by atoms with Gasteiger partial charge < -0.3 is 14.5 Å². The van der Waals surface area contributed by atoms with Crippen molar-refractivity contribution in [2.45, 2.75) is 32.5 Å². The zero-order valence-corrected chi connectivity index (χ0v) is 16.7. The highest BCUT2D eigenvalue weighted by molar-refractivity contribution is 5.83. The first-order valence-corrected chi connectivity index (χ1v) is 9.32. The van der Waals surface area contributed by atoms with Crippen LogP contribution in [0.2, 0.25) is 0 Å². The van der Waals surface area contributed by atoms with Gasteiger partial charge in [-0.15, -0.1) is 5.10 Å². The first kappa shape index (κ1) is 21.9. The minimum Gasteiger partial charge on any atom is -0.451 e. The second-order valence-electron chi connectivity index (χ2n) is 6.75. The number of carbonyl (C=O) groups is 2. The zero-order valence-electron chi connectivity index (χ0n) is 16.7. The summed E-state index contributed by atoms with van der Waals surface area (Å²) >= 11 is 0. The molecule has 1 N–H and O–H groups in total. The number of aromatic nitrogens is 2. The van der Waals surface area contributed by atoms with Gasteiger partial charge in [0.05, 0.1) is 6.04 Å². The summed E-state index contributed by atoms with van der Waals surface area (Å²) in [4.78, 5) is 36.3. The topological polar surface area (TPSA) is 103 Å². The lowest BCUT2D eigenvalue weighted by Crippen LogP contribution is -2.38. The average molecular weight is 431 g/mol. The van der Waals surface area contributed by atoms with Gasteiger partial charge in [-0.3, -0.25) is 9.59 Å². The van der Waals surface area contributed by atoms with E-state index in [1.807, 2.05) is 0 Å². The van der Waals surface area contributed by atoms with Crippen LogP contribution in [0.3, 0.4) is 0 Å². The number of nitrogens with one attached hydrogen (secondary N) is 1. The number of amides is 1. The Bertz CT molecular complexity index is 1120. The SMILES string of the molecule is CC(OC(=O)Cn1nc(-c2ccc(F)cc2)oc1=O)C(=O)NC(C)c1ccc(F)cc1. The fraction of sp³-hybridized carbons (Fsp3) is 0.238. The third-order valence-corrected chi connectivity index (χ3v) is 4.38. The number of hydrogen-bond acceptors (Lipinski definition) is 6. The van der Waals surface area contributed by atoms with Crippen molar-refractivity contribution in [3.05, 3.63) is 76.3 Å². The van der Waals surface area contributed by atoms with Crippen molar-refractivity contribution in [1.29, 1.82) is 0 Å². The second-order valence-corrected chi connectivity index (χ2v) is 6.75. The molecule has 1 amide bonds. The smallest absolute Gasteiger partial charge is 0.437 e. The molecule has 10 heteroatoms. The molecular formula is C21H19F2N3O5. The highest BCUT2D eigenvalue weighted by atomic mass is 19.1. The fourth-order valence-electron chi connectivity index (χ4n) is 2.69. The first-order chi connectivity index (χ1) is 14.7. The van der Waals surface area contributed by atoms with Gasteiger partial charge in [-0.1, -0.05) is 12.1 Å². The Morgan fingerprint density at radius 2 is 1.65 bits per heavy atom. The predicted octanol–water partition coefficient (Wildman–Crippen LogP) is 2.59. The summed E-state index contributed by atoms with van der Waals surface area (Å²) in [7, 11) is 0. The Morgan fingerprint density at radius 3 is 2.26 bits per heavy atom. The van der Waals surface area contributed by atoms with Crippen molar-refractivity contribution in [3.63, 3.8) is 0 Å². The number of esters is 1. The predicted molar refractivity (Wildman–Crippen MR) is 105 cm³/mol. The van der Waals surface area contributed by atoms with E-state index in [2.05, 4.69) is 10.4 Å². The van der Waals surface area contributed by atoms with E-state index in [1.165, 1.54) is 55.5 Å². The van der Waals surface area contributed by atoms with Crippen LogP contribution >= 0.6 is 0 Å². The largest absolute Gasteiger partial charge is 0.451 e. The van der Waals surface area contributed by atoms with Gasteiger partial charge in [0.15, 0.2) is 6.10 Å². The summed E-state index contributed by atoms with van der Waals surface area (Å²) in [5, 5.41) is 6.53. The van der Waals surface area contributed by atoms with E-state index in [0.29, 0.717) is 11.1 Å². The monoisotopic (exact) mass is 431 g/mol. The van der Waals surface area contributed by atoms with Crippen LogP contribution in [0.5, 0.6) is 0 Å². The molecule has 1 heterocycles. The van der Waals surface area contributed by atoms with Crippen molar-refractivity contribution < 1.29 is 27.5 Å². The van der Waals surface area contributed by atoms with Gasteiger partial charge in [0.25, 0.3) is 5.91 Å². The lowest BCUT2D eigenvalue weighted by atomic mass is 10.1. The molecule has 1 aromatic heterocycles. The van der Waals surface area contributed by atoms with E-state index in [4.69, 9.17) is 9.15 Å². The van der Waals surface area contributed by atoms with E-state index < -0.39 is 48.0 Å². The Balaban J connectivity index is 1.57. The number of rotatable bonds is 7. The highest BCUT2D eigenvalue weighted by Gasteiger charge is 2.22. The first-order valence-electron chi connectivity index (χ1n) is 9.32. The Kier molecular flexibility index (Phi) is 6.58. The van der Waals surface area contributed by atoms with Gasteiger partial charge in [0, 0.05) is 5.56 Å². The lowest BCUT2D eigenvalue weighted by molar-refractivity contribution is -0.155. The van der Waals surface area contributed by atoms with Crippen LogP contribution in [0.25, 0.3) is 11.5 Å². The molecule has 0 aliphatic rings. The van der Waals surface area contributed by atoms with Crippen LogP contribution in [0, 0.1) is 11.6 Å². The van der Waals surface area contributed by atoms with Crippen LogP contribution in [-0.4, -0.2) is 27.8 Å². The van der Waals surface area contributed by atoms with E-state index in [1.54, 1.807) is 6.92 Å². The molecule has 31 heavy (non-hydrogen) atoms. The normalized spacial score (nSPS) is 12.8. The fourth-order valence-corrected chi connectivity index (χ4v) is 2.69. The van der Waals surface area contributed by atoms with Crippen molar-refractivity contribution in [2.24, 2.45) is 0 Å². The molecule has 2 unspecified atom stereocenters. The minimum absolute atomic E-state index is 0.0864. The van der Waals surface area contributed by atoms with Gasteiger partial charge in [0.1, 0.15) is 18.2 Å². The van der Waals surface area contributed by atoms with Crippen LogP contribution < -0.4 is 11.1 Å². The third kappa shape index (κ3) is 5.62. The summed E-state index contributed by atoms with van der Waals surface area (Å²) < 4.78 is 36.8. The summed E-state index contributed by atoms with van der Waals surface area (Å²) in [5.41, 5.74) is 1.03. The van der Waals surface area contributed by atoms with Crippen LogP contribution in [0.15, 0.2) is 57.7 Å². The number of hydrogen-bond donors (Lipinski definition) is 1. The number of halogens is 2. The van der Waals surface area contributed by atoms with E-state index in [0.717, 1.165) is 4.68 Å². The highest BCUT2D eigenvalue weighted by Crippen LogP contribution is 2.16. The number of nitrogens with zero attached hydrogens (tertiary/aromatic N) is 2. The number of ether oxygens (including phenoxy) is 1. The summed E-state index contributed by atoms with van der Waals surface area (Å²) in [6, 6.07) is 10.3. The quantitative estimate of drug-likeness (QED) is 0.577. The molecule has 0 aliphatic carbocycles. The van der Waals surface area contributed by atoms with Crippen molar-refractivity contribution >= 4 is 11.9 Å². The molecule has 0 fully saturated rings. The molecule has 8 nitrogen and oxygen atoms in total. The maximum Gasteiger partial charge on any atom is 0.437 e. The van der Waals surface area contributed by atoms with Gasteiger partial charge >= 0.3 is 11.7 Å². The maximum absolute atomic E-state index is 13.0. The molecule has 2 aromatic carbocycles. The minimum atomic E-state index is -1.14. The van der Waals surface area contributed by atoms with Gasteiger partial charge in [0.2, 0.25) is 5.89 Å². The molecule has 3 aromatic rings. The Morgan fingerprint density at radius 1 is 1.06 bits per heavy atom. The van der Waals surface area contributed by atoms with Gasteiger partial charge in [-0.25, -0.2) is 13.6 Å². The zero-order chi connectivity index (χ0) is 22.5. The summed E-state index contributed by atoms with van der Waals surface area (Å²) in [5.74, 6) is -3.29. The molecule has 3 rings (SSSR count). The molecule has 162 valence electrons. The molecular weight excluding hydrogens is 412 g/mol. The van der Waals surface area contributed by atoms with E-state index in [9.17, 15) is 23.2 Å². The van der Waals surface area contributed by atoms with Crippen LogP contribution in [0.4, 0.5) is 8.78 Å². The average Bonchev–Trinajstić information content (AvgIpc) is 3.08. The third-order valence-electron chi connectivity index (χ3n) is 4.38. The molecule has 0 bridgehead atoms. The summed E-state index contributed by atoms with van der Waals surface area (Å²) in [6.45, 7) is 2.50. The molecule has 0 saturated carbocycles. The molecule has 0 radical (unpaired) electrons. The van der Waals surface area contributed by atoms with Crippen LogP contribution in [-0.2, 0) is 20.9 Å². The van der Waals surface area contributed by atoms with Crippen molar-refractivity contribution in [1.82, 2.24) is 15.1 Å². The van der Waals surface area contributed by atoms with Gasteiger partial charge in [-0.05, 0) is 55.8 Å². The van der Waals surface area contributed by atoms with Crippen molar-refractivity contribution in [3.8, 4) is 11.5 Å². The van der Waals surface area contributed by atoms with Crippen molar-refractivity contribution in [2.75, 3.05) is 0 Å². The Labute approximate surface area is 175 Å². The lowest BCUT2D eigenvalue weighted by Gasteiger charge is -2.18. The molecule has 0 aliphatic heterocycles. The van der Waals surface area contributed by atoms with E-state index >= 15 is 0 Å². The number of carbonyl (C=O) groups excluding carboxylic acids is 2. The molecule has 0 spiro atoms. The van der Waals surface area contributed by atoms with E-state index in [-0.39, 0.29) is 5.89 Å². The second kappa shape index (κ2) is 9.33. The summed E-state index contributed by atoms with van der Waals surface area (Å²) in [6.07, 6.45) is -1.14. The standard InChI is InChI=1S/C21H19F2N3O5/c1-12(14-3-7-16(22)8-4-14)24-19(28)13(2)30-18(27)11-26-21(29)31-20(25-26)15-5-9-17(23)10-6-15/h3-10,12-13H,11H2,1-2H3,(H,24,28). The van der Waals surface area contributed by atoms with Crippen LogP contribution in [0.1, 0.15) is 25.5 Å². The van der Waals surface area contributed by atoms with Gasteiger partial charge in [-0.2, -0.15) is 4.68 Å². The molecule has 0 saturated heterocycles.